The highest BCUT2D eigenvalue weighted by Crippen LogP contribution is 2.23. The van der Waals surface area contributed by atoms with Crippen LogP contribution in [0.15, 0.2) is 48.7 Å². The third-order valence-corrected chi connectivity index (χ3v) is 3.78. The molecule has 0 spiro atoms. The van der Waals surface area contributed by atoms with Gasteiger partial charge < -0.3 is 10.1 Å². The first-order valence-electron chi connectivity index (χ1n) is 8.19. The predicted octanol–water partition coefficient (Wildman–Crippen LogP) is 3.72. The van der Waals surface area contributed by atoms with Gasteiger partial charge in [-0.05, 0) is 31.2 Å². The molecule has 0 unspecified atom stereocenters. The van der Waals surface area contributed by atoms with E-state index in [4.69, 9.17) is 4.74 Å². The van der Waals surface area contributed by atoms with Crippen LogP contribution in [-0.4, -0.2) is 28.3 Å². The highest BCUT2D eigenvalue weighted by atomic mass is 19.2. The molecule has 28 heavy (non-hydrogen) atoms. The van der Waals surface area contributed by atoms with E-state index in [-0.39, 0.29) is 18.0 Å². The van der Waals surface area contributed by atoms with Crippen molar-refractivity contribution in [1.82, 2.24) is 9.78 Å². The van der Waals surface area contributed by atoms with E-state index in [1.165, 1.54) is 10.9 Å². The molecule has 0 saturated carbocycles. The molecule has 2 aromatic carbocycles. The number of halogens is 3. The number of hydrogen-bond donors (Lipinski definition) is 1. The maximum absolute atomic E-state index is 14.0. The van der Waals surface area contributed by atoms with Crippen LogP contribution in [0.3, 0.4) is 0 Å². The van der Waals surface area contributed by atoms with E-state index < -0.39 is 34.9 Å². The Morgan fingerprint density at radius 2 is 1.75 bits per heavy atom. The number of esters is 1. The molecule has 1 heterocycles. The highest BCUT2D eigenvalue weighted by molar-refractivity contribution is 6.07. The van der Waals surface area contributed by atoms with Crippen molar-refractivity contribution in [3.8, 4) is 5.69 Å². The molecule has 9 heteroatoms. The first-order chi connectivity index (χ1) is 13.4. The van der Waals surface area contributed by atoms with Crippen LogP contribution in [0.25, 0.3) is 5.69 Å². The molecular weight excluding hydrogens is 375 g/mol. The largest absolute Gasteiger partial charge is 0.462 e. The Balaban J connectivity index is 2.04. The monoisotopic (exact) mass is 389 g/mol. The van der Waals surface area contributed by atoms with Crippen LogP contribution >= 0.6 is 0 Å². The van der Waals surface area contributed by atoms with E-state index >= 15 is 0 Å². The second kappa shape index (κ2) is 7.95. The van der Waals surface area contributed by atoms with E-state index in [0.29, 0.717) is 11.8 Å². The summed E-state index contributed by atoms with van der Waals surface area (Å²) in [5, 5.41) is 6.40. The number of aromatic nitrogens is 2. The molecule has 0 aliphatic rings. The van der Waals surface area contributed by atoms with Crippen LogP contribution < -0.4 is 5.32 Å². The van der Waals surface area contributed by atoms with Gasteiger partial charge in [0.1, 0.15) is 5.56 Å². The number of carbonyl (C=O) groups is 2. The number of para-hydroxylation sites is 1. The van der Waals surface area contributed by atoms with Gasteiger partial charge in [0.25, 0.3) is 5.91 Å². The summed E-state index contributed by atoms with van der Waals surface area (Å²) in [4.78, 5) is 24.7. The van der Waals surface area contributed by atoms with Crippen molar-refractivity contribution in [2.75, 3.05) is 11.9 Å². The summed E-state index contributed by atoms with van der Waals surface area (Å²) in [6.45, 7) is 1.69. The topological polar surface area (TPSA) is 73.2 Å². The number of benzene rings is 2. The number of ether oxygens (including phenoxy) is 1. The molecule has 0 aliphatic carbocycles. The summed E-state index contributed by atoms with van der Waals surface area (Å²) >= 11 is 0. The van der Waals surface area contributed by atoms with Crippen molar-refractivity contribution in [2.45, 2.75) is 6.92 Å². The molecule has 1 aromatic heterocycles. The molecule has 0 atom stereocenters. The quantitative estimate of drug-likeness (QED) is 0.533. The van der Waals surface area contributed by atoms with Gasteiger partial charge in [0.15, 0.2) is 23.3 Å². The number of nitrogens with zero attached hydrogens (tertiary/aromatic N) is 2. The number of rotatable bonds is 5. The zero-order valence-electron chi connectivity index (χ0n) is 14.6. The molecule has 0 bridgehead atoms. The summed E-state index contributed by atoms with van der Waals surface area (Å²) in [7, 11) is 0. The Bertz CT molecular complexity index is 1040. The van der Waals surface area contributed by atoms with Crippen LogP contribution in [0.2, 0.25) is 0 Å². The fourth-order valence-electron chi connectivity index (χ4n) is 2.47. The fraction of sp³-hybridized carbons (Fsp3) is 0.105. The molecule has 144 valence electrons. The molecule has 1 amide bonds. The second-order valence-corrected chi connectivity index (χ2v) is 5.55. The minimum atomic E-state index is -1.77. The predicted molar refractivity (Wildman–Crippen MR) is 93.8 cm³/mol. The first kappa shape index (κ1) is 19.2. The van der Waals surface area contributed by atoms with Crippen molar-refractivity contribution in [3.05, 3.63) is 77.2 Å². The Hall–Kier alpha value is -3.62. The molecule has 0 aliphatic heterocycles. The van der Waals surface area contributed by atoms with Gasteiger partial charge in [-0.1, -0.05) is 18.2 Å². The van der Waals surface area contributed by atoms with Crippen LogP contribution in [0, 0.1) is 17.5 Å². The van der Waals surface area contributed by atoms with Crippen LogP contribution in [-0.2, 0) is 4.74 Å². The summed E-state index contributed by atoms with van der Waals surface area (Å²) in [5.41, 5.74) is -0.310. The number of carbonyl (C=O) groups excluding carboxylic acids is 2. The molecule has 0 radical (unpaired) electrons. The fourth-order valence-corrected chi connectivity index (χ4v) is 2.47. The summed E-state index contributed by atoms with van der Waals surface area (Å²) in [6, 6.07) is 9.94. The Kier molecular flexibility index (Phi) is 5.44. The number of anilines is 1. The third kappa shape index (κ3) is 3.59. The minimum absolute atomic E-state index is 0.0814. The van der Waals surface area contributed by atoms with Gasteiger partial charge in [-0.15, -0.1) is 0 Å². The van der Waals surface area contributed by atoms with Gasteiger partial charge in [-0.2, -0.15) is 5.10 Å². The number of hydrogen-bond acceptors (Lipinski definition) is 4. The number of nitrogens with one attached hydrogen (secondary N) is 1. The zero-order valence-corrected chi connectivity index (χ0v) is 14.6. The van der Waals surface area contributed by atoms with Gasteiger partial charge in [0.2, 0.25) is 0 Å². The van der Waals surface area contributed by atoms with Crippen molar-refractivity contribution in [2.24, 2.45) is 0 Å². The Morgan fingerprint density at radius 3 is 2.43 bits per heavy atom. The SMILES string of the molecule is CCOC(=O)c1cnn(-c2ccccc2)c1NC(=O)c1ccc(F)c(F)c1F. The summed E-state index contributed by atoms with van der Waals surface area (Å²) < 4.78 is 46.7. The Morgan fingerprint density at radius 1 is 1.04 bits per heavy atom. The van der Waals surface area contributed by atoms with Crippen molar-refractivity contribution < 1.29 is 27.5 Å². The smallest absolute Gasteiger partial charge is 0.343 e. The van der Waals surface area contributed by atoms with Gasteiger partial charge in [-0.3, -0.25) is 4.79 Å². The average Bonchev–Trinajstić information content (AvgIpc) is 3.10. The van der Waals surface area contributed by atoms with Gasteiger partial charge >= 0.3 is 5.97 Å². The van der Waals surface area contributed by atoms with Crippen molar-refractivity contribution in [1.29, 1.82) is 0 Å². The van der Waals surface area contributed by atoms with Crippen LogP contribution in [0.4, 0.5) is 19.0 Å². The normalized spacial score (nSPS) is 10.6. The van der Waals surface area contributed by atoms with Gasteiger partial charge in [-0.25, -0.2) is 22.6 Å². The Labute approximate surface area is 157 Å². The van der Waals surface area contributed by atoms with E-state index in [9.17, 15) is 22.8 Å². The summed E-state index contributed by atoms with van der Waals surface area (Å²) in [5.74, 6) is -6.77. The van der Waals surface area contributed by atoms with Crippen molar-refractivity contribution in [3.63, 3.8) is 0 Å². The van der Waals surface area contributed by atoms with Crippen molar-refractivity contribution >= 4 is 17.7 Å². The number of amides is 1. The maximum Gasteiger partial charge on any atom is 0.343 e. The third-order valence-electron chi connectivity index (χ3n) is 3.78. The maximum atomic E-state index is 14.0. The molecule has 3 aromatic rings. The molecule has 0 saturated heterocycles. The van der Waals surface area contributed by atoms with Gasteiger partial charge in [0.05, 0.1) is 24.1 Å². The molecule has 6 nitrogen and oxygen atoms in total. The van der Waals surface area contributed by atoms with E-state index in [0.717, 1.165) is 6.07 Å². The molecule has 3 rings (SSSR count). The van der Waals surface area contributed by atoms with E-state index in [1.54, 1.807) is 37.3 Å². The highest BCUT2D eigenvalue weighted by Gasteiger charge is 2.24. The van der Waals surface area contributed by atoms with Gasteiger partial charge in [0, 0.05) is 0 Å². The van der Waals surface area contributed by atoms with E-state index in [2.05, 4.69) is 10.4 Å². The lowest BCUT2D eigenvalue weighted by atomic mass is 10.2. The van der Waals surface area contributed by atoms with Crippen LogP contribution in [0.1, 0.15) is 27.6 Å². The molecule has 0 fully saturated rings. The zero-order chi connectivity index (χ0) is 20.3. The standard InChI is InChI=1S/C19H14F3N3O3/c1-2-28-19(27)13-10-23-25(11-6-4-3-5-7-11)17(13)24-18(26)12-8-9-14(20)16(22)15(12)21/h3-10H,2H2,1H3,(H,24,26). The minimum Gasteiger partial charge on any atom is -0.462 e. The lowest BCUT2D eigenvalue weighted by Gasteiger charge is -2.12. The average molecular weight is 389 g/mol. The van der Waals surface area contributed by atoms with Crippen LogP contribution in [0.5, 0.6) is 0 Å². The lowest BCUT2D eigenvalue weighted by molar-refractivity contribution is 0.0527. The summed E-state index contributed by atoms with van der Waals surface area (Å²) in [6.07, 6.45) is 1.18. The molecule has 1 N–H and O–H groups in total. The first-order valence-corrected chi connectivity index (χ1v) is 8.19. The molecular formula is C19H14F3N3O3. The second-order valence-electron chi connectivity index (χ2n) is 5.55. The lowest BCUT2D eigenvalue weighted by Crippen LogP contribution is -2.20. The van der Waals surface area contributed by atoms with E-state index in [1.807, 2.05) is 0 Å².